The van der Waals surface area contributed by atoms with Gasteiger partial charge in [0.15, 0.2) is 10.3 Å². The van der Waals surface area contributed by atoms with Gasteiger partial charge in [0.05, 0.1) is 18.8 Å². The zero-order valence-electron chi connectivity index (χ0n) is 20.8. The van der Waals surface area contributed by atoms with E-state index in [2.05, 4.69) is 15.6 Å². The number of rotatable bonds is 11. The number of carbonyl (C=O) groups excluding carboxylic acids is 2. The normalized spacial score (nSPS) is 12.5. The van der Waals surface area contributed by atoms with E-state index in [4.69, 9.17) is 4.74 Å². The summed E-state index contributed by atoms with van der Waals surface area (Å²) in [5.41, 5.74) is 2.68. The zero-order valence-corrected chi connectivity index (χ0v) is 24.4. The maximum absolute atomic E-state index is 13.3. The number of aryl methyl sites for hydroxylation is 1. The number of methoxy groups -OCH3 is 1. The van der Waals surface area contributed by atoms with Crippen LogP contribution < -0.4 is 44.9 Å². The molecule has 10 nitrogen and oxygen atoms in total. The van der Waals surface area contributed by atoms with Crippen LogP contribution in [0, 0.1) is 0 Å². The number of thiazole rings is 1. The number of benzene rings is 2. The molecule has 0 spiro atoms. The second-order valence-corrected chi connectivity index (χ2v) is 9.93. The van der Waals surface area contributed by atoms with Crippen LogP contribution in [0.1, 0.15) is 34.8 Å². The Morgan fingerprint density at radius 3 is 2.24 bits per heavy atom. The molecule has 0 aliphatic rings. The molecule has 1 aromatic heterocycles. The third kappa shape index (κ3) is 10.1. The summed E-state index contributed by atoms with van der Waals surface area (Å²) in [4.78, 5) is 29.9. The number of hydrogen-bond acceptors (Lipinski definition) is 8. The molecular formula is C24H27N4NaO6S2. The third-order valence-corrected chi connectivity index (χ3v) is 6.75. The van der Waals surface area contributed by atoms with Gasteiger partial charge in [-0.25, -0.2) is 18.2 Å². The third-order valence-electron chi connectivity index (χ3n) is 5.26. The first-order valence-electron chi connectivity index (χ1n) is 11.1. The van der Waals surface area contributed by atoms with Gasteiger partial charge < -0.3 is 19.9 Å². The standard InChI is InChI=1S/C24H28N4O6S2.Na/c1-3-18-15-35-23(25-18)21(14-17-9-11-19(12-10-17)28-36(31,32)33)26-22(29)20(27-24(30)34-2)13-16-7-5-4-6-8-16;/h4-12,15,20-21,28H,3,13-14H2,1-2H3,(H,26,29)(H,27,30)(H,31,32,33);/q;+1/p-1. The SMILES string of the molecule is CCc1csc(C(Cc2ccc(NS(=O)(=O)[O-])cc2)NC(=O)C(Cc2ccccc2)NC(=O)OC)n1.[Na+]. The summed E-state index contributed by atoms with van der Waals surface area (Å²) in [6.45, 7) is 1.98. The Bertz CT molecular complexity index is 1270. The number of carbonyl (C=O) groups is 2. The second-order valence-electron chi connectivity index (χ2n) is 7.93. The maximum atomic E-state index is 13.3. The number of ether oxygens (including phenoxy) is 1. The van der Waals surface area contributed by atoms with Gasteiger partial charge in [0.1, 0.15) is 11.0 Å². The fourth-order valence-electron chi connectivity index (χ4n) is 3.47. The number of hydrogen-bond donors (Lipinski definition) is 3. The van der Waals surface area contributed by atoms with Crippen LogP contribution in [-0.2, 0) is 39.1 Å². The molecule has 2 atom stereocenters. The van der Waals surface area contributed by atoms with Crippen molar-refractivity contribution in [1.82, 2.24) is 15.6 Å². The van der Waals surface area contributed by atoms with Crippen LogP contribution in [0.15, 0.2) is 60.0 Å². The molecule has 37 heavy (non-hydrogen) atoms. The second kappa shape index (κ2) is 14.5. The molecule has 0 bridgehead atoms. The monoisotopic (exact) mass is 554 g/mol. The Balaban J connectivity index is 0.00000481. The van der Waals surface area contributed by atoms with E-state index >= 15 is 0 Å². The largest absolute Gasteiger partial charge is 1.00 e. The van der Waals surface area contributed by atoms with Crippen LogP contribution in [-0.4, -0.2) is 43.1 Å². The van der Waals surface area contributed by atoms with Crippen LogP contribution in [0.3, 0.4) is 0 Å². The van der Waals surface area contributed by atoms with E-state index in [9.17, 15) is 22.6 Å². The summed E-state index contributed by atoms with van der Waals surface area (Å²) in [5.74, 6) is -0.404. The van der Waals surface area contributed by atoms with Crippen molar-refractivity contribution in [2.75, 3.05) is 11.8 Å². The summed E-state index contributed by atoms with van der Waals surface area (Å²) in [5, 5.41) is 8.22. The van der Waals surface area contributed by atoms with Crippen LogP contribution in [0.5, 0.6) is 0 Å². The summed E-state index contributed by atoms with van der Waals surface area (Å²) >= 11 is 1.42. The molecule has 13 heteroatoms. The molecule has 3 aromatic rings. The number of nitrogens with one attached hydrogen (secondary N) is 3. The number of alkyl carbamates (subject to hydrolysis) is 1. The first-order valence-corrected chi connectivity index (χ1v) is 13.4. The summed E-state index contributed by atoms with van der Waals surface area (Å²) in [6.07, 6.45) is 0.628. The van der Waals surface area contributed by atoms with Crippen LogP contribution in [0.25, 0.3) is 0 Å². The van der Waals surface area contributed by atoms with E-state index in [-0.39, 0.29) is 41.7 Å². The molecule has 2 amide bonds. The van der Waals surface area contributed by atoms with Crippen LogP contribution in [0.2, 0.25) is 0 Å². The number of amides is 2. The number of nitrogens with zero attached hydrogens (tertiary/aromatic N) is 1. The van der Waals surface area contributed by atoms with E-state index < -0.39 is 34.4 Å². The van der Waals surface area contributed by atoms with Crippen molar-refractivity contribution in [2.24, 2.45) is 0 Å². The Morgan fingerprint density at radius 2 is 1.68 bits per heavy atom. The molecule has 3 rings (SSSR count). The van der Waals surface area contributed by atoms with Gasteiger partial charge in [0.25, 0.3) is 0 Å². The van der Waals surface area contributed by atoms with Crippen LogP contribution in [0.4, 0.5) is 10.5 Å². The fourth-order valence-corrected chi connectivity index (χ4v) is 4.84. The molecule has 0 saturated heterocycles. The Morgan fingerprint density at radius 1 is 1.03 bits per heavy atom. The van der Waals surface area contributed by atoms with Crippen molar-refractivity contribution in [3.63, 3.8) is 0 Å². The Hall–Kier alpha value is -2.48. The van der Waals surface area contributed by atoms with E-state index in [0.717, 1.165) is 23.2 Å². The van der Waals surface area contributed by atoms with Gasteiger partial charge in [-0.3, -0.25) is 9.52 Å². The topological polar surface area (TPSA) is 150 Å². The first-order chi connectivity index (χ1) is 17.2. The Labute approximate surface area is 242 Å². The Kier molecular flexibility index (Phi) is 12.0. The van der Waals surface area contributed by atoms with Gasteiger partial charge in [-0.1, -0.05) is 49.4 Å². The molecule has 192 valence electrons. The van der Waals surface area contributed by atoms with Crippen LogP contribution >= 0.6 is 11.3 Å². The zero-order chi connectivity index (χ0) is 26.1. The predicted molar refractivity (Wildman–Crippen MR) is 135 cm³/mol. The van der Waals surface area contributed by atoms with Crippen molar-refractivity contribution in [3.05, 3.63) is 81.8 Å². The van der Waals surface area contributed by atoms with Crippen molar-refractivity contribution in [2.45, 2.75) is 38.3 Å². The maximum Gasteiger partial charge on any atom is 1.00 e. The molecule has 1 heterocycles. The van der Waals surface area contributed by atoms with Crippen molar-refractivity contribution in [1.29, 1.82) is 0 Å². The summed E-state index contributed by atoms with van der Waals surface area (Å²) in [7, 11) is -3.40. The van der Waals surface area contributed by atoms with Crippen molar-refractivity contribution >= 4 is 39.3 Å². The predicted octanol–water partition coefficient (Wildman–Crippen LogP) is -0.0511. The molecule has 0 aliphatic carbocycles. The van der Waals surface area contributed by atoms with Crippen molar-refractivity contribution in [3.8, 4) is 0 Å². The van der Waals surface area contributed by atoms with Gasteiger partial charge in [-0.2, -0.15) is 0 Å². The molecular weight excluding hydrogens is 527 g/mol. The van der Waals surface area contributed by atoms with E-state index in [1.165, 1.54) is 30.6 Å². The minimum absolute atomic E-state index is 0. The van der Waals surface area contributed by atoms with Gasteiger partial charge >= 0.3 is 35.7 Å². The van der Waals surface area contributed by atoms with Gasteiger partial charge in [0.2, 0.25) is 5.91 Å². The minimum Gasteiger partial charge on any atom is -0.731 e. The van der Waals surface area contributed by atoms with Gasteiger partial charge in [-0.05, 0) is 36.1 Å². The smallest absolute Gasteiger partial charge is 0.731 e. The van der Waals surface area contributed by atoms with E-state index in [0.29, 0.717) is 11.4 Å². The molecule has 3 N–H and O–H groups in total. The number of aromatic nitrogens is 1. The molecule has 0 radical (unpaired) electrons. The summed E-state index contributed by atoms with van der Waals surface area (Å²) < 4.78 is 39.4. The number of anilines is 1. The van der Waals surface area contributed by atoms with Crippen molar-refractivity contribution < 1.29 is 56.9 Å². The first kappa shape index (κ1) is 30.7. The molecule has 0 saturated carbocycles. The molecule has 2 aromatic carbocycles. The average molecular weight is 555 g/mol. The molecule has 0 fully saturated rings. The van der Waals surface area contributed by atoms with E-state index in [1.54, 1.807) is 12.1 Å². The van der Waals surface area contributed by atoms with E-state index in [1.807, 2.05) is 47.4 Å². The van der Waals surface area contributed by atoms with Gasteiger partial charge in [0, 0.05) is 17.5 Å². The molecule has 0 aliphatic heterocycles. The minimum atomic E-state index is -4.63. The summed E-state index contributed by atoms with van der Waals surface area (Å²) in [6, 6.07) is 14.2. The fraction of sp³-hybridized carbons (Fsp3) is 0.292. The molecule has 2 unspecified atom stereocenters. The van der Waals surface area contributed by atoms with Gasteiger partial charge in [-0.15, -0.1) is 11.3 Å². The average Bonchev–Trinajstić information content (AvgIpc) is 3.33. The quantitative estimate of drug-likeness (QED) is 0.222.